The number of thiocarbonyl (C=S) groups is 1. The molecule has 0 saturated heterocycles. The molecule has 0 amide bonds. The number of para-hydroxylation sites is 1. The standard InChI is InChI=1S/C7H7BrN2S/c8-5-3-1-2-4(6(5)9)7(10)11/h1-3H,9H2,(H2,10,11). The second kappa shape index (κ2) is 3.19. The smallest absolute Gasteiger partial charge is 0.106 e. The Labute approximate surface area is 78.7 Å². The third kappa shape index (κ3) is 1.70. The molecule has 0 radical (unpaired) electrons. The number of hydrogen-bond acceptors (Lipinski definition) is 2. The molecular formula is C7H7BrN2S. The molecule has 0 aliphatic carbocycles. The highest BCUT2D eigenvalue weighted by Gasteiger charge is 2.03. The van der Waals surface area contributed by atoms with E-state index in [1.165, 1.54) is 0 Å². The van der Waals surface area contributed by atoms with Gasteiger partial charge >= 0.3 is 0 Å². The fourth-order valence-corrected chi connectivity index (χ4v) is 1.30. The van der Waals surface area contributed by atoms with Crippen molar-refractivity contribution >= 4 is 38.8 Å². The molecule has 0 aromatic heterocycles. The van der Waals surface area contributed by atoms with Crippen molar-refractivity contribution in [3.05, 3.63) is 28.2 Å². The molecule has 0 bridgehead atoms. The van der Waals surface area contributed by atoms with E-state index in [0.29, 0.717) is 10.7 Å². The molecule has 1 aromatic rings. The zero-order valence-corrected chi connectivity index (χ0v) is 8.08. The molecule has 1 aromatic carbocycles. The zero-order chi connectivity index (χ0) is 8.43. The minimum Gasteiger partial charge on any atom is -0.397 e. The van der Waals surface area contributed by atoms with Crippen LogP contribution in [0.25, 0.3) is 0 Å². The van der Waals surface area contributed by atoms with Gasteiger partial charge < -0.3 is 11.5 Å². The van der Waals surface area contributed by atoms with Crippen molar-refractivity contribution in [2.45, 2.75) is 0 Å². The van der Waals surface area contributed by atoms with Gasteiger partial charge in [0, 0.05) is 10.0 Å². The molecule has 0 unspecified atom stereocenters. The first kappa shape index (κ1) is 8.49. The number of rotatable bonds is 1. The van der Waals surface area contributed by atoms with Crippen molar-refractivity contribution in [1.29, 1.82) is 0 Å². The normalized spacial score (nSPS) is 9.55. The summed E-state index contributed by atoms with van der Waals surface area (Å²) in [6.07, 6.45) is 0. The predicted octanol–water partition coefficient (Wildman–Crippen LogP) is 1.67. The number of benzene rings is 1. The van der Waals surface area contributed by atoms with Gasteiger partial charge in [0.2, 0.25) is 0 Å². The monoisotopic (exact) mass is 230 g/mol. The molecule has 1 rings (SSSR count). The second-order valence-corrected chi connectivity index (χ2v) is 3.36. The second-order valence-electron chi connectivity index (χ2n) is 2.07. The third-order valence-corrected chi connectivity index (χ3v) is 2.23. The number of hydrogen-bond donors (Lipinski definition) is 2. The number of halogens is 1. The van der Waals surface area contributed by atoms with E-state index in [4.69, 9.17) is 23.7 Å². The van der Waals surface area contributed by atoms with Gasteiger partial charge in [0.1, 0.15) is 4.99 Å². The summed E-state index contributed by atoms with van der Waals surface area (Å²) < 4.78 is 0.822. The Bertz CT molecular complexity index is 298. The van der Waals surface area contributed by atoms with Crippen LogP contribution in [0.1, 0.15) is 5.56 Å². The van der Waals surface area contributed by atoms with Crippen LogP contribution in [0, 0.1) is 0 Å². The lowest BCUT2D eigenvalue weighted by Crippen LogP contribution is -2.12. The molecule has 11 heavy (non-hydrogen) atoms. The van der Waals surface area contributed by atoms with Gasteiger partial charge in [0.15, 0.2) is 0 Å². The van der Waals surface area contributed by atoms with Crippen molar-refractivity contribution in [3.63, 3.8) is 0 Å². The van der Waals surface area contributed by atoms with Crippen LogP contribution in [-0.4, -0.2) is 4.99 Å². The summed E-state index contributed by atoms with van der Waals surface area (Å²) in [6.45, 7) is 0. The summed E-state index contributed by atoms with van der Waals surface area (Å²) in [6, 6.07) is 5.48. The summed E-state index contributed by atoms with van der Waals surface area (Å²) in [7, 11) is 0. The molecule has 58 valence electrons. The van der Waals surface area contributed by atoms with Gasteiger partial charge in [-0.15, -0.1) is 0 Å². The fourth-order valence-electron chi connectivity index (χ4n) is 0.752. The SMILES string of the molecule is NC(=S)c1cccc(Br)c1N. The summed E-state index contributed by atoms with van der Waals surface area (Å²) in [5.41, 5.74) is 12.4. The maximum absolute atomic E-state index is 5.67. The maximum Gasteiger partial charge on any atom is 0.106 e. The zero-order valence-electron chi connectivity index (χ0n) is 5.67. The molecule has 0 heterocycles. The van der Waals surface area contributed by atoms with Gasteiger partial charge in [-0.1, -0.05) is 18.3 Å². The Morgan fingerprint density at radius 2 is 2.09 bits per heavy atom. The van der Waals surface area contributed by atoms with Crippen LogP contribution in [-0.2, 0) is 0 Å². The first-order valence-corrected chi connectivity index (χ1v) is 4.17. The highest BCUT2D eigenvalue weighted by Crippen LogP contribution is 2.22. The lowest BCUT2D eigenvalue weighted by atomic mass is 10.2. The molecular weight excluding hydrogens is 224 g/mol. The summed E-state index contributed by atoms with van der Waals surface area (Å²) in [5, 5.41) is 0. The van der Waals surface area contributed by atoms with Gasteiger partial charge in [-0.2, -0.15) is 0 Å². The van der Waals surface area contributed by atoms with E-state index >= 15 is 0 Å². The molecule has 4 N–H and O–H groups in total. The van der Waals surface area contributed by atoms with E-state index in [2.05, 4.69) is 15.9 Å². The van der Waals surface area contributed by atoms with E-state index in [0.717, 1.165) is 10.0 Å². The predicted molar refractivity (Wildman–Crippen MR) is 54.4 cm³/mol. The summed E-state index contributed by atoms with van der Waals surface area (Å²) >= 11 is 8.06. The number of nitrogens with two attached hydrogens (primary N) is 2. The van der Waals surface area contributed by atoms with Gasteiger partial charge in [0.05, 0.1) is 5.69 Å². The van der Waals surface area contributed by atoms with Gasteiger partial charge in [-0.25, -0.2) is 0 Å². The average molecular weight is 231 g/mol. The molecule has 0 aliphatic rings. The lowest BCUT2D eigenvalue weighted by Gasteiger charge is -2.03. The van der Waals surface area contributed by atoms with E-state index in [9.17, 15) is 0 Å². The highest BCUT2D eigenvalue weighted by molar-refractivity contribution is 9.10. The Hall–Kier alpha value is -0.610. The van der Waals surface area contributed by atoms with Crippen molar-refractivity contribution in [2.75, 3.05) is 5.73 Å². The minimum atomic E-state index is 0.323. The van der Waals surface area contributed by atoms with Crippen molar-refractivity contribution in [3.8, 4) is 0 Å². The first-order chi connectivity index (χ1) is 5.13. The van der Waals surface area contributed by atoms with Crippen LogP contribution >= 0.6 is 28.1 Å². The molecule has 2 nitrogen and oxygen atoms in total. The van der Waals surface area contributed by atoms with Crippen LogP contribution in [0.15, 0.2) is 22.7 Å². The Balaban J connectivity index is 3.27. The van der Waals surface area contributed by atoms with Gasteiger partial charge in [-0.3, -0.25) is 0 Å². The largest absolute Gasteiger partial charge is 0.397 e. The third-order valence-electron chi connectivity index (χ3n) is 1.32. The molecule has 0 fully saturated rings. The van der Waals surface area contributed by atoms with Crippen LogP contribution in [0.2, 0.25) is 0 Å². The van der Waals surface area contributed by atoms with Gasteiger partial charge in [0.25, 0.3) is 0 Å². The Morgan fingerprint density at radius 3 is 2.55 bits per heavy atom. The Kier molecular flexibility index (Phi) is 2.46. The van der Waals surface area contributed by atoms with E-state index in [1.807, 2.05) is 12.1 Å². The van der Waals surface area contributed by atoms with Gasteiger partial charge in [-0.05, 0) is 28.1 Å². The maximum atomic E-state index is 5.67. The molecule has 0 saturated carbocycles. The molecule has 0 atom stereocenters. The van der Waals surface area contributed by atoms with Crippen LogP contribution in [0.4, 0.5) is 5.69 Å². The van der Waals surface area contributed by atoms with Crippen molar-refractivity contribution in [1.82, 2.24) is 0 Å². The Morgan fingerprint density at radius 1 is 1.45 bits per heavy atom. The highest BCUT2D eigenvalue weighted by atomic mass is 79.9. The summed E-state index contributed by atoms with van der Waals surface area (Å²) in [5.74, 6) is 0. The fraction of sp³-hybridized carbons (Fsp3) is 0. The first-order valence-electron chi connectivity index (χ1n) is 2.96. The van der Waals surface area contributed by atoms with E-state index in [1.54, 1.807) is 6.07 Å². The van der Waals surface area contributed by atoms with E-state index in [-0.39, 0.29) is 0 Å². The van der Waals surface area contributed by atoms with Crippen molar-refractivity contribution < 1.29 is 0 Å². The topological polar surface area (TPSA) is 52.0 Å². The molecule has 4 heteroatoms. The average Bonchev–Trinajstić information content (AvgIpc) is 1.94. The lowest BCUT2D eigenvalue weighted by molar-refractivity contribution is 1.58. The van der Waals surface area contributed by atoms with Crippen LogP contribution in [0.3, 0.4) is 0 Å². The number of nitrogen functional groups attached to an aromatic ring is 1. The molecule has 0 spiro atoms. The molecule has 0 aliphatic heterocycles. The van der Waals surface area contributed by atoms with E-state index < -0.39 is 0 Å². The minimum absolute atomic E-state index is 0.323. The summed E-state index contributed by atoms with van der Waals surface area (Å²) in [4.78, 5) is 0.323. The quantitative estimate of drug-likeness (QED) is 0.571. The van der Waals surface area contributed by atoms with Crippen LogP contribution < -0.4 is 11.5 Å². The number of anilines is 1. The van der Waals surface area contributed by atoms with Crippen LogP contribution in [0.5, 0.6) is 0 Å². The van der Waals surface area contributed by atoms with Crippen molar-refractivity contribution in [2.24, 2.45) is 5.73 Å².